The molecule has 0 fully saturated rings. The molecule has 0 aliphatic rings. The van der Waals surface area contributed by atoms with Crippen LogP contribution in [0.3, 0.4) is 0 Å². The van der Waals surface area contributed by atoms with E-state index in [0.717, 1.165) is 0 Å². The normalized spacial score (nSPS) is 8.75. The van der Waals surface area contributed by atoms with Gasteiger partial charge in [0.2, 0.25) is 5.75 Å². The fraction of sp³-hybridized carbons (Fsp3) is 0.222. The standard InChI is InChI=1S/C9H10NO2/c1-10-8-6-7(11-2)4-5-9(8)12-3/h1,4-6H,2-3H3/q+1. The molecule has 3 heteroatoms. The zero-order valence-electron chi connectivity index (χ0n) is 7.07. The van der Waals surface area contributed by atoms with Crippen LogP contribution in [0.5, 0.6) is 11.5 Å². The number of hydrogen-bond acceptors (Lipinski definition) is 2. The van der Waals surface area contributed by atoms with Gasteiger partial charge in [-0.3, -0.25) is 0 Å². The van der Waals surface area contributed by atoms with Crippen LogP contribution in [-0.4, -0.2) is 14.2 Å². The van der Waals surface area contributed by atoms with Crippen molar-refractivity contribution in [3.8, 4) is 18.1 Å². The molecule has 1 aromatic rings. The van der Waals surface area contributed by atoms with E-state index in [4.69, 9.17) is 16.0 Å². The lowest BCUT2D eigenvalue weighted by Gasteiger charge is -1.99. The minimum atomic E-state index is 0.580. The topological polar surface area (TPSA) is 22.8 Å². The van der Waals surface area contributed by atoms with E-state index >= 15 is 0 Å². The van der Waals surface area contributed by atoms with Crippen LogP contribution in [0.2, 0.25) is 0 Å². The van der Waals surface area contributed by atoms with Gasteiger partial charge in [-0.15, -0.1) is 0 Å². The minimum absolute atomic E-state index is 0.580. The largest absolute Gasteiger partial charge is 0.496 e. The summed E-state index contributed by atoms with van der Waals surface area (Å²) >= 11 is 0. The molecule has 0 spiro atoms. The Morgan fingerprint density at radius 3 is 2.50 bits per heavy atom. The average Bonchev–Trinajstić information content (AvgIpc) is 2.16. The molecular weight excluding hydrogens is 154 g/mol. The molecule has 3 nitrogen and oxygen atoms in total. The maximum Gasteiger partial charge on any atom is 0.384 e. The van der Waals surface area contributed by atoms with Crippen molar-refractivity contribution in [1.29, 1.82) is 0 Å². The van der Waals surface area contributed by atoms with E-state index in [-0.39, 0.29) is 0 Å². The smallest absolute Gasteiger partial charge is 0.384 e. The molecular formula is C9H10NO2+. The SMILES string of the molecule is C#[N+]c1cc(OC)ccc1OC. The first kappa shape index (κ1) is 8.41. The van der Waals surface area contributed by atoms with Gasteiger partial charge in [0.15, 0.2) is 0 Å². The van der Waals surface area contributed by atoms with E-state index in [2.05, 4.69) is 4.85 Å². The van der Waals surface area contributed by atoms with Gasteiger partial charge in [0, 0.05) is 0 Å². The van der Waals surface area contributed by atoms with Gasteiger partial charge < -0.3 is 9.47 Å². The van der Waals surface area contributed by atoms with Crippen molar-refractivity contribution in [2.45, 2.75) is 0 Å². The van der Waals surface area contributed by atoms with Crippen LogP contribution in [0, 0.1) is 6.57 Å². The van der Waals surface area contributed by atoms with E-state index in [1.165, 1.54) is 0 Å². The highest BCUT2D eigenvalue weighted by Crippen LogP contribution is 2.30. The molecule has 0 heterocycles. The molecule has 0 radical (unpaired) electrons. The highest BCUT2D eigenvalue weighted by molar-refractivity contribution is 5.60. The number of hydrogen-bond donors (Lipinski definition) is 0. The Labute approximate surface area is 71.4 Å². The highest BCUT2D eigenvalue weighted by atomic mass is 16.5. The van der Waals surface area contributed by atoms with Crippen molar-refractivity contribution in [3.63, 3.8) is 0 Å². The lowest BCUT2D eigenvalue weighted by Crippen LogP contribution is -1.85. The first-order valence-electron chi connectivity index (χ1n) is 3.44. The van der Waals surface area contributed by atoms with Gasteiger partial charge in [0.05, 0.1) is 20.3 Å². The third-order valence-electron chi connectivity index (χ3n) is 1.53. The van der Waals surface area contributed by atoms with E-state index in [9.17, 15) is 0 Å². The van der Waals surface area contributed by atoms with Gasteiger partial charge in [-0.05, 0) is 17.0 Å². The highest BCUT2D eigenvalue weighted by Gasteiger charge is 2.11. The summed E-state index contributed by atoms with van der Waals surface area (Å²) in [6.07, 6.45) is 0. The van der Waals surface area contributed by atoms with Crippen LogP contribution >= 0.6 is 0 Å². The Kier molecular flexibility index (Phi) is 2.54. The van der Waals surface area contributed by atoms with Crippen molar-refractivity contribution >= 4 is 5.69 Å². The Morgan fingerprint density at radius 1 is 1.25 bits per heavy atom. The van der Waals surface area contributed by atoms with Crippen LogP contribution in [0.15, 0.2) is 18.2 Å². The fourth-order valence-corrected chi connectivity index (χ4v) is 0.898. The predicted octanol–water partition coefficient (Wildman–Crippen LogP) is 2.30. The molecule has 0 bridgehead atoms. The summed E-state index contributed by atoms with van der Waals surface area (Å²) in [5.74, 6) is 1.35. The van der Waals surface area contributed by atoms with Crippen LogP contribution in [0.4, 0.5) is 5.69 Å². The molecule has 62 valence electrons. The summed E-state index contributed by atoms with van der Waals surface area (Å²) in [6, 6.07) is 5.25. The molecule has 0 aliphatic heterocycles. The number of nitrogens with zero attached hydrogens (tertiary/aromatic N) is 1. The van der Waals surface area contributed by atoms with Crippen molar-refractivity contribution in [2.75, 3.05) is 14.2 Å². The summed E-state index contributed by atoms with van der Waals surface area (Å²) in [7, 11) is 3.15. The molecule has 0 saturated heterocycles. The van der Waals surface area contributed by atoms with Crippen LogP contribution in [0.25, 0.3) is 4.85 Å². The van der Waals surface area contributed by atoms with Crippen molar-refractivity contribution < 1.29 is 9.47 Å². The van der Waals surface area contributed by atoms with E-state index in [1.54, 1.807) is 32.4 Å². The molecule has 0 N–H and O–H groups in total. The van der Waals surface area contributed by atoms with Crippen molar-refractivity contribution in [1.82, 2.24) is 0 Å². The van der Waals surface area contributed by atoms with Crippen LogP contribution < -0.4 is 9.47 Å². The number of methoxy groups -OCH3 is 2. The molecule has 0 unspecified atom stereocenters. The second-order valence-corrected chi connectivity index (χ2v) is 2.17. The van der Waals surface area contributed by atoms with Gasteiger partial charge in [-0.2, -0.15) is 0 Å². The van der Waals surface area contributed by atoms with Gasteiger partial charge >= 0.3 is 5.69 Å². The molecule has 0 saturated carbocycles. The van der Waals surface area contributed by atoms with Crippen molar-refractivity contribution in [3.05, 3.63) is 23.0 Å². The maximum absolute atomic E-state index is 5.14. The van der Waals surface area contributed by atoms with E-state index in [0.29, 0.717) is 17.2 Å². The van der Waals surface area contributed by atoms with E-state index < -0.39 is 0 Å². The van der Waals surface area contributed by atoms with Gasteiger partial charge in [0.25, 0.3) is 6.57 Å². The summed E-state index contributed by atoms with van der Waals surface area (Å²) in [4.78, 5) is 3.54. The molecule has 0 aliphatic carbocycles. The molecule has 12 heavy (non-hydrogen) atoms. The lowest BCUT2D eigenvalue weighted by molar-refractivity contribution is 0.405. The number of ether oxygens (including phenoxy) is 2. The first-order chi connectivity index (χ1) is 5.81. The summed E-state index contributed by atoms with van der Waals surface area (Å²) in [5, 5.41) is 0. The Bertz CT molecular complexity index is 315. The molecule has 0 amide bonds. The van der Waals surface area contributed by atoms with Gasteiger partial charge in [-0.25, -0.2) is 0 Å². The summed E-state index contributed by atoms with van der Waals surface area (Å²) < 4.78 is 9.99. The molecule has 1 aromatic carbocycles. The summed E-state index contributed by atoms with van der Waals surface area (Å²) in [6.45, 7) is 5.14. The lowest BCUT2D eigenvalue weighted by atomic mass is 10.3. The second-order valence-electron chi connectivity index (χ2n) is 2.17. The Balaban J connectivity index is 3.13. The third-order valence-corrected chi connectivity index (χ3v) is 1.53. The minimum Gasteiger partial charge on any atom is -0.496 e. The fourth-order valence-electron chi connectivity index (χ4n) is 0.898. The van der Waals surface area contributed by atoms with Crippen LogP contribution in [-0.2, 0) is 0 Å². The van der Waals surface area contributed by atoms with Gasteiger partial charge in [-0.1, -0.05) is 0 Å². The average molecular weight is 164 g/mol. The Hall–Kier alpha value is -1.69. The summed E-state index contributed by atoms with van der Waals surface area (Å²) in [5.41, 5.74) is 0.580. The van der Waals surface area contributed by atoms with Gasteiger partial charge in [0.1, 0.15) is 5.75 Å². The third kappa shape index (κ3) is 1.48. The quantitative estimate of drug-likeness (QED) is 0.669. The Morgan fingerprint density at radius 2 is 2.00 bits per heavy atom. The monoisotopic (exact) mass is 164 g/mol. The maximum atomic E-state index is 5.14. The van der Waals surface area contributed by atoms with Crippen LogP contribution in [0.1, 0.15) is 0 Å². The van der Waals surface area contributed by atoms with E-state index in [1.807, 2.05) is 0 Å². The number of benzene rings is 1. The number of rotatable bonds is 2. The molecule has 1 rings (SSSR count). The zero-order valence-corrected chi connectivity index (χ0v) is 7.07. The zero-order chi connectivity index (χ0) is 8.97. The molecule has 0 atom stereocenters. The first-order valence-corrected chi connectivity index (χ1v) is 3.44. The van der Waals surface area contributed by atoms with Crippen molar-refractivity contribution in [2.24, 2.45) is 0 Å². The molecule has 0 aromatic heterocycles. The predicted molar refractivity (Wildman–Crippen MR) is 47.5 cm³/mol. The second kappa shape index (κ2) is 3.63.